The monoisotopic (exact) mass is 244 g/mol. The Bertz CT molecular complexity index is 517. The van der Waals surface area contributed by atoms with Crippen molar-refractivity contribution < 1.29 is 5.11 Å². The van der Waals surface area contributed by atoms with Gasteiger partial charge in [-0.15, -0.1) is 0 Å². The standard InChI is InChI=1S/C15H20N2O/c1-15(2,11-18)10-16-9-12-7-8-17-14-6-4-3-5-13(12)14/h3-8,16,18H,9-11H2,1-2H3. The summed E-state index contributed by atoms with van der Waals surface area (Å²) in [5, 5.41) is 13.8. The Morgan fingerprint density at radius 3 is 2.78 bits per heavy atom. The van der Waals surface area contributed by atoms with E-state index in [9.17, 15) is 5.11 Å². The van der Waals surface area contributed by atoms with Gasteiger partial charge in [0, 0.05) is 36.7 Å². The normalized spacial score (nSPS) is 11.9. The molecule has 0 unspecified atom stereocenters. The summed E-state index contributed by atoms with van der Waals surface area (Å²) in [6.45, 7) is 5.87. The van der Waals surface area contributed by atoms with Crippen molar-refractivity contribution in [2.45, 2.75) is 20.4 Å². The van der Waals surface area contributed by atoms with Crippen LogP contribution in [-0.4, -0.2) is 23.2 Å². The third kappa shape index (κ3) is 3.06. The number of pyridine rings is 1. The molecule has 0 atom stereocenters. The molecule has 0 aliphatic heterocycles. The summed E-state index contributed by atoms with van der Waals surface area (Å²) in [5.74, 6) is 0. The summed E-state index contributed by atoms with van der Waals surface area (Å²) in [7, 11) is 0. The Morgan fingerprint density at radius 1 is 1.22 bits per heavy atom. The Hall–Kier alpha value is -1.45. The molecule has 0 saturated carbocycles. The van der Waals surface area contributed by atoms with E-state index in [1.807, 2.05) is 44.3 Å². The molecule has 1 heterocycles. The lowest BCUT2D eigenvalue weighted by molar-refractivity contribution is 0.157. The van der Waals surface area contributed by atoms with Gasteiger partial charge in [-0.25, -0.2) is 0 Å². The number of aliphatic hydroxyl groups excluding tert-OH is 1. The first-order chi connectivity index (χ1) is 8.62. The van der Waals surface area contributed by atoms with Gasteiger partial charge in [-0.3, -0.25) is 4.98 Å². The van der Waals surface area contributed by atoms with Crippen LogP contribution in [0.5, 0.6) is 0 Å². The number of benzene rings is 1. The molecule has 0 bridgehead atoms. The molecule has 1 aromatic carbocycles. The van der Waals surface area contributed by atoms with Gasteiger partial charge in [0.1, 0.15) is 0 Å². The highest BCUT2D eigenvalue weighted by Crippen LogP contribution is 2.17. The van der Waals surface area contributed by atoms with Crippen LogP contribution < -0.4 is 5.32 Å². The third-order valence-corrected chi connectivity index (χ3v) is 3.09. The van der Waals surface area contributed by atoms with Crippen LogP contribution in [0.1, 0.15) is 19.4 Å². The molecule has 2 N–H and O–H groups in total. The van der Waals surface area contributed by atoms with E-state index in [0.29, 0.717) is 0 Å². The number of fused-ring (bicyclic) bond motifs is 1. The Labute approximate surface area is 108 Å². The Kier molecular flexibility index (Phi) is 3.94. The average Bonchev–Trinajstić information content (AvgIpc) is 2.39. The van der Waals surface area contributed by atoms with Crippen LogP contribution in [0.15, 0.2) is 36.5 Å². The first kappa shape index (κ1) is 13.0. The number of para-hydroxylation sites is 1. The molecule has 18 heavy (non-hydrogen) atoms. The van der Waals surface area contributed by atoms with E-state index in [0.717, 1.165) is 18.6 Å². The fourth-order valence-electron chi connectivity index (χ4n) is 1.90. The smallest absolute Gasteiger partial charge is 0.0705 e. The van der Waals surface area contributed by atoms with Crippen molar-refractivity contribution >= 4 is 10.9 Å². The number of aliphatic hydroxyl groups is 1. The molecule has 0 amide bonds. The first-order valence-electron chi connectivity index (χ1n) is 6.27. The summed E-state index contributed by atoms with van der Waals surface area (Å²) in [4.78, 5) is 4.35. The van der Waals surface area contributed by atoms with Gasteiger partial charge in [-0.2, -0.15) is 0 Å². The Morgan fingerprint density at radius 2 is 2.00 bits per heavy atom. The number of nitrogens with one attached hydrogen (secondary N) is 1. The van der Waals surface area contributed by atoms with Crippen LogP contribution in [0.4, 0.5) is 0 Å². The zero-order valence-electron chi connectivity index (χ0n) is 11.0. The molecular formula is C15H20N2O. The predicted molar refractivity (Wildman–Crippen MR) is 74.3 cm³/mol. The predicted octanol–water partition coefficient (Wildman–Crippen LogP) is 2.34. The van der Waals surface area contributed by atoms with Crippen LogP contribution >= 0.6 is 0 Å². The summed E-state index contributed by atoms with van der Waals surface area (Å²) < 4.78 is 0. The molecule has 3 heteroatoms. The van der Waals surface area contributed by atoms with Crippen molar-refractivity contribution in [1.29, 1.82) is 0 Å². The van der Waals surface area contributed by atoms with Crippen molar-refractivity contribution in [3.63, 3.8) is 0 Å². The van der Waals surface area contributed by atoms with Gasteiger partial charge in [-0.1, -0.05) is 32.0 Å². The summed E-state index contributed by atoms with van der Waals surface area (Å²) >= 11 is 0. The largest absolute Gasteiger partial charge is 0.396 e. The number of rotatable bonds is 5. The van der Waals surface area contributed by atoms with Gasteiger partial charge >= 0.3 is 0 Å². The Balaban J connectivity index is 2.08. The van der Waals surface area contributed by atoms with Crippen molar-refractivity contribution in [2.24, 2.45) is 5.41 Å². The second-order valence-corrected chi connectivity index (χ2v) is 5.41. The second-order valence-electron chi connectivity index (χ2n) is 5.41. The highest BCUT2D eigenvalue weighted by molar-refractivity contribution is 5.81. The van der Waals surface area contributed by atoms with Crippen LogP contribution in [0.2, 0.25) is 0 Å². The van der Waals surface area contributed by atoms with Gasteiger partial charge in [0.15, 0.2) is 0 Å². The molecule has 96 valence electrons. The molecule has 0 spiro atoms. The minimum atomic E-state index is -0.0805. The molecule has 3 nitrogen and oxygen atoms in total. The number of aromatic nitrogens is 1. The lowest BCUT2D eigenvalue weighted by Crippen LogP contribution is -2.31. The van der Waals surface area contributed by atoms with Gasteiger partial charge in [0.05, 0.1) is 5.52 Å². The molecule has 1 aromatic heterocycles. The number of hydrogen-bond donors (Lipinski definition) is 2. The minimum absolute atomic E-state index is 0.0805. The van der Waals surface area contributed by atoms with E-state index >= 15 is 0 Å². The summed E-state index contributed by atoms with van der Waals surface area (Å²) in [6.07, 6.45) is 1.84. The molecule has 0 saturated heterocycles. The van der Waals surface area contributed by atoms with E-state index in [2.05, 4.69) is 16.4 Å². The molecule has 0 fully saturated rings. The van der Waals surface area contributed by atoms with Gasteiger partial charge in [0.2, 0.25) is 0 Å². The SMILES string of the molecule is CC(C)(CO)CNCc1ccnc2ccccc12. The minimum Gasteiger partial charge on any atom is -0.396 e. The fraction of sp³-hybridized carbons (Fsp3) is 0.400. The maximum absolute atomic E-state index is 9.21. The summed E-state index contributed by atoms with van der Waals surface area (Å²) in [5.41, 5.74) is 2.19. The second kappa shape index (κ2) is 5.46. The van der Waals surface area contributed by atoms with Crippen molar-refractivity contribution in [2.75, 3.05) is 13.2 Å². The maximum atomic E-state index is 9.21. The van der Waals surface area contributed by atoms with Gasteiger partial charge in [0.25, 0.3) is 0 Å². The molecule has 2 rings (SSSR count). The average molecular weight is 244 g/mol. The molecular weight excluding hydrogens is 224 g/mol. The van der Waals surface area contributed by atoms with Crippen molar-refractivity contribution in [1.82, 2.24) is 10.3 Å². The topological polar surface area (TPSA) is 45.1 Å². The fourth-order valence-corrected chi connectivity index (χ4v) is 1.90. The van der Waals surface area contributed by atoms with Crippen molar-refractivity contribution in [3.8, 4) is 0 Å². The van der Waals surface area contributed by atoms with Crippen molar-refractivity contribution in [3.05, 3.63) is 42.1 Å². The van der Waals surface area contributed by atoms with Crippen LogP contribution in [0, 0.1) is 5.41 Å². The summed E-state index contributed by atoms with van der Waals surface area (Å²) in [6, 6.07) is 10.2. The van der Waals surface area contributed by atoms with E-state index in [-0.39, 0.29) is 12.0 Å². The van der Waals surface area contributed by atoms with E-state index < -0.39 is 0 Å². The highest BCUT2D eigenvalue weighted by atomic mass is 16.3. The molecule has 0 aliphatic rings. The lowest BCUT2D eigenvalue weighted by atomic mass is 9.95. The molecule has 2 aromatic rings. The lowest BCUT2D eigenvalue weighted by Gasteiger charge is -2.22. The molecule has 0 radical (unpaired) electrons. The quantitative estimate of drug-likeness (QED) is 0.848. The zero-order valence-corrected chi connectivity index (χ0v) is 11.0. The third-order valence-electron chi connectivity index (χ3n) is 3.09. The van der Waals surface area contributed by atoms with Gasteiger partial charge in [-0.05, 0) is 17.7 Å². The number of hydrogen-bond acceptors (Lipinski definition) is 3. The maximum Gasteiger partial charge on any atom is 0.0705 e. The van der Waals surface area contributed by atoms with Crippen LogP contribution in [0.3, 0.4) is 0 Å². The van der Waals surface area contributed by atoms with E-state index in [4.69, 9.17) is 0 Å². The molecule has 0 aliphatic carbocycles. The number of nitrogens with zero attached hydrogens (tertiary/aromatic N) is 1. The highest BCUT2D eigenvalue weighted by Gasteiger charge is 2.15. The van der Waals surface area contributed by atoms with E-state index in [1.165, 1.54) is 10.9 Å². The van der Waals surface area contributed by atoms with Crippen LogP contribution in [0.25, 0.3) is 10.9 Å². The van der Waals surface area contributed by atoms with Crippen LogP contribution in [-0.2, 0) is 6.54 Å². The van der Waals surface area contributed by atoms with Gasteiger partial charge < -0.3 is 10.4 Å². The zero-order chi connectivity index (χ0) is 13.0. The first-order valence-corrected chi connectivity index (χ1v) is 6.27. The van der Waals surface area contributed by atoms with E-state index in [1.54, 1.807) is 0 Å².